The molecule has 0 saturated heterocycles. The Morgan fingerprint density at radius 2 is 1.90 bits per heavy atom. The molecule has 1 amide bonds. The molecule has 0 spiro atoms. The minimum absolute atomic E-state index is 0.0833. The zero-order valence-corrected chi connectivity index (χ0v) is 18.7. The topological polar surface area (TPSA) is 62.1 Å². The van der Waals surface area contributed by atoms with E-state index in [1.165, 1.54) is 0 Å². The lowest BCUT2D eigenvalue weighted by Gasteiger charge is -2.13. The monoisotopic (exact) mass is 474 g/mol. The lowest BCUT2D eigenvalue weighted by atomic mass is 10.1. The number of nitrogens with zero attached hydrogens (tertiary/aromatic N) is 1. The second-order valence-electron chi connectivity index (χ2n) is 7.73. The number of ether oxygens (including phenoxy) is 1. The van der Waals surface area contributed by atoms with Crippen LogP contribution in [0.3, 0.4) is 0 Å². The fraction of sp³-hybridized carbons (Fsp3) is 0.231. The summed E-state index contributed by atoms with van der Waals surface area (Å²) in [4.78, 5) is 12.6. The van der Waals surface area contributed by atoms with Gasteiger partial charge in [0.15, 0.2) is 0 Å². The summed E-state index contributed by atoms with van der Waals surface area (Å²) in [6.07, 6.45) is 5.79. The van der Waals surface area contributed by atoms with Crippen molar-refractivity contribution in [1.29, 1.82) is 5.26 Å². The standard InChI is InChI=1S/C26H23BrN2O2/c27-22-12-13-25(31-17-19-8-5-7-18-6-1-4-11-24(18)19)20(15-22)14-21(16-28)26(30)29-23-9-2-3-10-23/h1,4-8,11-15,23H,2-3,9-10,17H2,(H,29,30)/b21-14-. The Kier molecular flexibility index (Phi) is 6.69. The summed E-state index contributed by atoms with van der Waals surface area (Å²) < 4.78 is 6.99. The van der Waals surface area contributed by atoms with E-state index < -0.39 is 0 Å². The van der Waals surface area contributed by atoms with Crippen molar-refractivity contribution in [2.75, 3.05) is 0 Å². The van der Waals surface area contributed by atoms with Crippen LogP contribution < -0.4 is 10.1 Å². The second kappa shape index (κ2) is 9.80. The molecule has 1 N–H and O–H groups in total. The van der Waals surface area contributed by atoms with E-state index in [4.69, 9.17) is 4.74 Å². The highest BCUT2D eigenvalue weighted by Gasteiger charge is 2.19. The van der Waals surface area contributed by atoms with Crippen molar-refractivity contribution in [1.82, 2.24) is 5.32 Å². The highest BCUT2D eigenvalue weighted by atomic mass is 79.9. The predicted molar refractivity (Wildman–Crippen MR) is 126 cm³/mol. The maximum atomic E-state index is 12.6. The summed E-state index contributed by atoms with van der Waals surface area (Å²) >= 11 is 3.48. The first kappa shape index (κ1) is 21.1. The molecule has 1 aliphatic rings. The highest BCUT2D eigenvalue weighted by molar-refractivity contribution is 9.10. The Morgan fingerprint density at radius 1 is 1.13 bits per heavy atom. The smallest absolute Gasteiger partial charge is 0.262 e. The van der Waals surface area contributed by atoms with Gasteiger partial charge in [0.1, 0.15) is 24.0 Å². The van der Waals surface area contributed by atoms with Crippen LogP contribution >= 0.6 is 15.9 Å². The number of carbonyl (C=O) groups excluding carboxylic acids is 1. The third kappa shape index (κ3) is 5.15. The van der Waals surface area contributed by atoms with Gasteiger partial charge in [0, 0.05) is 16.1 Å². The van der Waals surface area contributed by atoms with Gasteiger partial charge in [-0.05, 0) is 53.5 Å². The van der Waals surface area contributed by atoms with E-state index in [-0.39, 0.29) is 17.5 Å². The quantitative estimate of drug-likeness (QED) is 0.344. The first-order valence-electron chi connectivity index (χ1n) is 10.5. The van der Waals surface area contributed by atoms with Gasteiger partial charge in [0.05, 0.1) is 0 Å². The number of hydrogen-bond acceptors (Lipinski definition) is 3. The Labute approximate surface area is 190 Å². The number of carbonyl (C=O) groups is 1. The number of rotatable bonds is 6. The number of hydrogen-bond donors (Lipinski definition) is 1. The van der Waals surface area contributed by atoms with E-state index >= 15 is 0 Å². The average molecular weight is 475 g/mol. The molecule has 1 aliphatic carbocycles. The van der Waals surface area contributed by atoms with Crippen LogP contribution in [0.1, 0.15) is 36.8 Å². The summed E-state index contributed by atoms with van der Waals surface area (Å²) in [7, 11) is 0. The summed E-state index contributed by atoms with van der Waals surface area (Å²) in [6, 6.07) is 22.1. The zero-order valence-electron chi connectivity index (χ0n) is 17.1. The minimum Gasteiger partial charge on any atom is -0.488 e. The van der Waals surface area contributed by atoms with Crippen molar-refractivity contribution >= 4 is 38.7 Å². The van der Waals surface area contributed by atoms with Crippen LogP contribution in [0.2, 0.25) is 0 Å². The molecule has 0 atom stereocenters. The van der Waals surface area contributed by atoms with Crippen LogP contribution in [0.5, 0.6) is 5.75 Å². The molecule has 5 heteroatoms. The van der Waals surface area contributed by atoms with Crippen LogP contribution in [-0.4, -0.2) is 11.9 Å². The molecular weight excluding hydrogens is 452 g/mol. The summed E-state index contributed by atoms with van der Waals surface area (Å²) in [5, 5.41) is 14.9. The van der Waals surface area contributed by atoms with E-state index in [0.717, 1.165) is 46.5 Å². The molecule has 1 saturated carbocycles. The van der Waals surface area contributed by atoms with E-state index in [9.17, 15) is 10.1 Å². The fourth-order valence-corrected chi connectivity index (χ4v) is 4.35. The number of nitrogens with one attached hydrogen (secondary N) is 1. The van der Waals surface area contributed by atoms with Gasteiger partial charge in [-0.2, -0.15) is 5.26 Å². The zero-order chi connectivity index (χ0) is 21.6. The van der Waals surface area contributed by atoms with Crippen LogP contribution in [0, 0.1) is 11.3 Å². The van der Waals surface area contributed by atoms with Crippen molar-refractivity contribution in [3.8, 4) is 11.8 Å². The Balaban J connectivity index is 1.57. The van der Waals surface area contributed by atoms with Crippen molar-refractivity contribution in [2.24, 2.45) is 0 Å². The molecule has 0 unspecified atom stereocenters. The van der Waals surface area contributed by atoms with Crippen LogP contribution in [0.15, 0.2) is 70.7 Å². The van der Waals surface area contributed by atoms with Gasteiger partial charge in [0.2, 0.25) is 0 Å². The van der Waals surface area contributed by atoms with Crippen LogP contribution in [0.4, 0.5) is 0 Å². The van der Waals surface area contributed by atoms with Gasteiger partial charge >= 0.3 is 0 Å². The molecule has 0 bridgehead atoms. The summed E-state index contributed by atoms with van der Waals surface area (Å²) in [5.41, 5.74) is 1.85. The van der Waals surface area contributed by atoms with Crippen LogP contribution in [0.25, 0.3) is 16.8 Å². The second-order valence-corrected chi connectivity index (χ2v) is 8.65. The summed E-state index contributed by atoms with van der Waals surface area (Å²) in [6.45, 7) is 0.389. The number of fused-ring (bicyclic) bond motifs is 1. The average Bonchev–Trinajstić information content (AvgIpc) is 3.29. The van der Waals surface area contributed by atoms with Crippen molar-refractivity contribution in [3.63, 3.8) is 0 Å². The molecule has 156 valence electrons. The van der Waals surface area contributed by atoms with Gasteiger partial charge < -0.3 is 10.1 Å². The van der Waals surface area contributed by atoms with Gasteiger partial charge in [-0.25, -0.2) is 0 Å². The maximum Gasteiger partial charge on any atom is 0.262 e. The highest BCUT2D eigenvalue weighted by Crippen LogP contribution is 2.28. The van der Waals surface area contributed by atoms with E-state index in [1.54, 1.807) is 6.08 Å². The molecule has 1 fully saturated rings. The lowest BCUT2D eigenvalue weighted by molar-refractivity contribution is -0.117. The van der Waals surface area contributed by atoms with Crippen molar-refractivity contribution < 1.29 is 9.53 Å². The molecule has 31 heavy (non-hydrogen) atoms. The number of amides is 1. The number of nitriles is 1. The molecule has 0 heterocycles. The molecule has 3 aromatic rings. The van der Waals surface area contributed by atoms with Crippen LogP contribution in [-0.2, 0) is 11.4 Å². The van der Waals surface area contributed by atoms with E-state index in [1.807, 2.05) is 48.5 Å². The van der Waals surface area contributed by atoms with Crippen molar-refractivity contribution in [3.05, 3.63) is 81.8 Å². The SMILES string of the molecule is N#C/C(=C/c1cc(Br)ccc1OCc1cccc2ccccc12)C(=O)NC1CCCC1. The molecule has 0 radical (unpaired) electrons. The molecule has 0 aromatic heterocycles. The number of halogens is 1. The Hall–Kier alpha value is -3.10. The van der Waals surface area contributed by atoms with Gasteiger partial charge in [-0.3, -0.25) is 4.79 Å². The van der Waals surface area contributed by atoms with E-state index in [2.05, 4.69) is 39.4 Å². The molecule has 4 nitrogen and oxygen atoms in total. The molecular formula is C26H23BrN2O2. The maximum absolute atomic E-state index is 12.6. The van der Waals surface area contributed by atoms with Gasteiger partial charge in [0.25, 0.3) is 5.91 Å². The minimum atomic E-state index is -0.325. The summed E-state index contributed by atoms with van der Waals surface area (Å²) in [5.74, 6) is 0.298. The normalized spacial score (nSPS) is 14.4. The fourth-order valence-electron chi connectivity index (χ4n) is 3.97. The third-order valence-corrected chi connectivity index (χ3v) is 6.08. The lowest BCUT2D eigenvalue weighted by Crippen LogP contribution is -2.33. The first-order valence-corrected chi connectivity index (χ1v) is 11.2. The molecule has 4 rings (SSSR count). The largest absolute Gasteiger partial charge is 0.488 e. The third-order valence-electron chi connectivity index (χ3n) is 5.59. The van der Waals surface area contributed by atoms with E-state index in [0.29, 0.717) is 17.9 Å². The number of benzene rings is 3. The Morgan fingerprint density at radius 3 is 2.71 bits per heavy atom. The predicted octanol–water partition coefficient (Wildman–Crippen LogP) is 6.15. The van der Waals surface area contributed by atoms with Gasteiger partial charge in [-0.1, -0.05) is 71.2 Å². The van der Waals surface area contributed by atoms with Crippen molar-refractivity contribution in [2.45, 2.75) is 38.3 Å². The first-order chi connectivity index (χ1) is 15.1. The van der Waals surface area contributed by atoms with Gasteiger partial charge in [-0.15, -0.1) is 0 Å². The Bertz CT molecular complexity index is 1170. The molecule has 3 aromatic carbocycles. The molecule has 0 aliphatic heterocycles.